The fourth-order valence-corrected chi connectivity index (χ4v) is 3.36. The van der Waals surface area contributed by atoms with E-state index in [0.717, 1.165) is 29.8 Å². The summed E-state index contributed by atoms with van der Waals surface area (Å²) in [5.74, 6) is 0.312. The summed E-state index contributed by atoms with van der Waals surface area (Å²) in [5, 5.41) is 23.7. The Morgan fingerprint density at radius 1 is 1.48 bits per heavy atom. The molecule has 8 nitrogen and oxygen atoms in total. The van der Waals surface area contributed by atoms with Gasteiger partial charge in [-0.2, -0.15) is 15.5 Å². The van der Waals surface area contributed by atoms with Gasteiger partial charge < -0.3 is 4.90 Å². The first-order valence-corrected chi connectivity index (χ1v) is 8.50. The Morgan fingerprint density at radius 2 is 2.24 bits per heavy atom. The van der Waals surface area contributed by atoms with Crippen LogP contribution in [0.4, 0.5) is 10.6 Å². The second-order valence-electron chi connectivity index (χ2n) is 6.71. The molecule has 1 aliphatic heterocycles. The fourth-order valence-electron chi connectivity index (χ4n) is 3.36. The number of anilines is 1. The summed E-state index contributed by atoms with van der Waals surface area (Å²) in [7, 11) is 0. The maximum Gasteiger partial charge on any atom is 0.323 e. The highest BCUT2D eigenvalue weighted by Gasteiger charge is 2.33. The molecule has 2 N–H and O–H groups in total. The molecule has 8 heteroatoms. The van der Waals surface area contributed by atoms with E-state index in [2.05, 4.69) is 26.7 Å². The van der Waals surface area contributed by atoms with Gasteiger partial charge in [0.25, 0.3) is 0 Å². The van der Waals surface area contributed by atoms with Gasteiger partial charge in [0, 0.05) is 30.0 Å². The number of likely N-dealkylation sites (tertiary alicyclic amines) is 1. The number of carbonyl (C=O) groups excluding carboxylic acids is 1. The fraction of sp³-hybridized carbons (Fsp3) is 0.529. The average molecular weight is 341 g/mol. The minimum absolute atomic E-state index is 0.00327. The van der Waals surface area contributed by atoms with Gasteiger partial charge >= 0.3 is 6.03 Å². The van der Waals surface area contributed by atoms with Gasteiger partial charge in [0.15, 0.2) is 5.82 Å². The van der Waals surface area contributed by atoms with Crippen LogP contribution in [0.25, 0.3) is 0 Å². The van der Waals surface area contributed by atoms with Crippen LogP contribution in [-0.4, -0.2) is 37.5 Å². The molecule has 132 valence electrons. The zero-order chi connectivity index (χ0) is 18.1. The van der Waals surface area contributed by atoms with Crippen molar-refractivity contribution in [3.63, 3.8) is 0 Å². The number of nitrogens with zero attached hydrogens (tertiary/aromatic N) is 5. The molecule has 1 saturated heterocycles. The second kappa shape index (κ2) is 6.59. The lowest BCUT2D eigenvalue weighted by Crippen LogP contribution is -2.35. The Bertz CT molecular complexity index is 807. The summed E-state index contributed by atoms with van der Waals surface area (Å²) in [6.45, 7) is 8.54. The molecule has 2 amide bonds. The lowest BCUT2D eigenvalue weighted by molar-refractivity contribution is 0.206. The molecule has 1 atom stereocenters. The number of amides is 2. The van der Waals surface area contributed by atoms with E-state index in [4.69, 9.17) is 0 Å². The standard InChI is InChI=1S/C17H23N7O/c1-10(2)24-9-13(8-18)16(22-24)19-17(25)23-7-5-6-14(23)15-11(3)20-21-12(15)4/h9-10,14H,5-7H2,1-4H3,(H,20,21)(H,19,22,25). The van der Waals surface area contributed by atoms with Gasteiger partial charge in [-0.25, -0.2) is 4.79 Å². The van der Waals surface area contributed by atoms with E-state index in [-0.39, 0.29) is 18.1 Å². The van der Waals surface area contributed by atoms with Crippen LogP contribution in [0.2, 0.25) is 0 Å². The predicted molar refractivity (Wildman–Crippen MR) is 93.1 cm³/mol. The molecule has 3 heterocycles. The van der Waals surface area contributed by atoms with Crippen molar-refractivity contribution >= 4 is 11.8 Å². The summed E-state index contributed by atoms with van der Waals surface area (Å²) < 4.78 is 1.68. The number of nitrogens with one attached hydrogen (secondary N) is 2. The number of carbonyl (C=O) groups is 1. The van der Waals surface area contributed by atoms with E-state index in [1.165, 1.54) is 0 Å². The predicted octanol–water partition coefficient (Wildman–Crippen LogP) is 3.04. The third-order valence-corrected chi connectivity index (χ3v) is 4.64. The van der Waals surface area contributed by atoms with Crippen molar-refractivity contribution in [3.05, 3.63) is 28.7 Å². The van der Waals surface area contributed by atoms with E-state index >= 15 is 0 Å². The molecule has 2 aromatic rings. The number of nitriles is 1. The number of aromatic nitrogens is 4. The Morgan fingerprint density at radius 3 is 2.84 bits per heavy atom. The number of hydrogen-bond acceptors (Lipinski definition) is 4. The van der Waals surface area contributed by atoms with Crippen LogP contribution in [-0.2, 0) is 0 Å². The van der Waals surface area contributed by atoms with Crippen molar-refractivity contribution in [2.24, 2.45) is 0 Å². The van der Waals surface area contributed by atoms with Crippen molar-refractivity contribution < 1.29 is 4.79 Å². The van der Waals surface area contributed by atoms with Crippen LogP contribution in [0.3, 0.4) is 0 Å². The number of aryl methyl sites for hydroxylation is 2. The van der Waals surface area contributed by atoms with Crippen LogP contribution >= 0.6 is 0 Å². The van der Waals surface area contributed by atoms with Gasteiger partial charge in [-0.1, -0.05) is 0 Å². The van der Waals surface area contributed by atoms with Gasteiger partial charge in [0.05, 0.1) is 11.7 Å². The summed E-state index contributed by atoms with van der Waals surface area (Å²) >= 11 is 0. The average Bonchev–Trinajstić information content (AvgIpc) is 3.26. The van der Waals surface area contributed by atoms with Crippen molar-refractivity contribution in [3.8, 4) is 6.07 Å². The smallest absolute Gasteiger partial charge is 0.317 e. The van der Waals surface area contributed by atoms with Crippen molar-refractivity contribution in [2.45, 2.75) is 52.6 Å². The van der Waals surface area contributed by atoms with Gasteiger partial charge in [-0.05, 0) is 40.5 Å². The maximum absolute atomic E-state index is 12.8. The van der Waals surface area contributed by atoms with Gasteiger partial charge in [0.1, 0.15) is 11.6 Å². The number of urea groups is 1. The van der Waals surface area contributed by atoms with Gasteiger partial charge in [-0.15, -0.1) is 0 Å². The zero-order valence-corrected chi connectivity index (χ0v) is 15.0. The first-order valence-electron chi connectivity index (χ1n) is 8.50. The number of H-pyrrole nitrogens is 1. The Hall–Kier alpha value is -2.82. The summed E-state index contributed by atoms with van der Waals surface area (Å²) in [4.78, 5) is 14.6. The molecule has 25 heavy (non-hydrogen) atoms. The topological polar surface area (TPSA) is 103 Å². The first-order chi connectivity index (χ1) is 11.9. The SMILES string of the molecule is Cc1n[nH]c(C)c1C1CCCN1C(=O)Nc1nn(C(C)C)cc1C#N. The molecule has 0 aromatic carbocycles. The molecule has 1 aliphatic rings. The molecule has 3 rings (SSSR count). The van der Waals surface area contributed by atoms with Crippen LogP contribution in [0.15, 0.2) is 6.20 Å². The Balaban J connectivity index is 1.83. The minimum Gasteiger partial charge on any atom is -0.317 e. The van der Waals surface area contributed by atoms with E-state index in [1.807, 2.05) is 27.7 Å². The largest absolute Gasteiger partial charge is 0.323 e. The quantitative estimate of drug-likeness (QED) is 0.895. The summed E-state index contributed by atoms with van der Waals surface area (Å²) in [5.41, 5.74) is 3.36. The maximum atomic E-state index is 12.8. The molecule has 2 aromatic heterocycles. The molecule has 0 bridgehead atoms. The van der Waals surface area contributed by atoms with E-state index in [1.54, 1.807) is 15.8 Å². The third kappa shape index (κ3) is 3.09. The van der Waals surface area contributed by atoms with Gasteiger partial charge in [-0.3, -0.25) is 15.1 Å². The highest BCUT2D eigenvalue weighted by atomic mass is 16.2. The lowest BCUT2D eigenvalue weighted by Gasteiger charge is -2.25. The Kier molecular flexibility index (Phi) is 4.49. The van der Waals surface area contributed by atoms with Gasteiger partial charge in [0.2, 0.25) is 0 Å². The summed E-state index contributed by atoms with van der Waals surface area (Å²) in [6.07, 6.45) is 3.50. The molecule has 0 radical (unpaired) electrons. The number of aromatic amines is 1. The van der Waals surface area contributed by atoms with Crippen molar-refractivity contribution in [1.29, 1.82) is 5.26 Å². The second-order valence-corrected chi connectivity index (χ2v) is 6.71. The first kappa shape index (κ1) is 17.0. The molecule has 0 aliphatic carbocycles. The molecular formula is C17H23N7O. The molecule has 1 unspecified atom stereocenters. The molecule has 0 spiro atoms. The molecule has 0 saturated carbocycles. The summed E-state index contributed by atoms with van der Waals surface area (Å²) in [6, 6.07) is 1.98. The third-order valence-electron chi connectivity index (χ3n) is 4.64. The van der Waals surface area contributed by atoms with E-state index < -0.39 is 0 Å². The molecular weight excluding hydrogens is 318 g/mol. The Labute approximate surface area is 146 Å². The zero-order valence-electron chi connectivity index (χ0n) is 15.0. The molecule has 1 fully saturated rings. The monoisotopic (exact) mass is 341 g/mol. The van der Waals surface area contributed by atoms with Crippen LogP contribution in [0.1, 0.15) is 61.3 Å². The highest BCUT2D eigenvalue weighted by Crippen LogP contribution is 2.35. The number of hydrogen-bond donors (Lipinski definition) is 2. The highest BCUT2D eigenvalue weighted by molar-refractivity contribution is 5.90. The normalized spacial score (nSPS) is 17.1. The van der Waals surface area contributed by atoms with Crippen molar-refractivity contribution in [1.82, 2.24) is 24.9 Å². The van der Waals surface area contributed by atoms with Crippen LogP contribution < -0.4 is 5.32 Å². The van der Waals surface area contributed by atoms with E-state index in [9.17, 15) is 10.1 Å². The van der Waals surface area contributed by atoms with E-state index in [0.29, 0.717) is 17.9 Å². The number of rotatable bonds is 3. The lowest BCUT2D eigenvalue weighted by atomic mass is 10.0. The van der Waals surface area contributed by atoms with Crippen LogP contribution in [0, 0.1) is 25.2 Å². The minimum atomic E-state index is -0.229. The van der Waals surface area contributed by atoms with Crippen LogP contribution in [0.5, 0.6) is 0 Å². The van der Waals surface area contributed by atoms with Crippen molar-refractivity contribution in [2.75, 3.05) is 11.9 Å².